The zero-order valence-electron chi connectivity index (χ0n) is 55.0. The van der Waals surface area contributed by atoms with Crippen LogP contribution in [0.3, 0.4) is 0 Å². The number of amides is 1. The van der Waals surface area contributed by atoms with E-state index >= 15 is 0 Å². The van der Waals surface area contributed by atoms with Crippen LogP contribution in [0.2, 0.25) is 0 Å². The number of nitrogens with one attached hydrogen (secondary N) is 1. The summed E-state index contributed by atoms with van der Waals surface area (Å²) in [5, 5.41) is 23.2. The highest BCUT2D eigenvalue weighted by atomic mass is 16.5. The van der Waals surface area contributed by atoms with Gasteiger partial charge in [-0.1, -0.05) is 353 Å². The highest BCUT2D eigenvalue weighted by molar-refractivity contribution is 5.76. The van der Waals surface area contributed by atoms with Crippen LogP contribution in [-0.2, 0) is 14.3 Å². The molecule has 0 fully saturated rings. The van der Waals surface area contributed by atoms with E-state index in [4.69, 9.17) is 4.74 Å². The molecule has 0 saturated heterocycles. The third kappa shape index (κ3) is 67.3. The molecule has 0 aliphatic heterocycles. The van der Waals surface area contributed by atoms with Crippen molar-refractivity contribution in [2.45, 2.75) is 431 Å². The first kappa shape index (κ1) is 79.3. The number of hydrogen-bond donors (Lipinski definition) is 3. The topological polar surface area (TPSA) is 95.9 Å². The van der Waals surface area contributed by atoms with Crippen LogP contribution < -0.4 is 5.32 Å². The molecule has 2 unspecified atom stereocenters. The molecule has 81 heavy (non-hydrogen) atoms. The normalized spacial score (nSPS) is 12.6. The zero-order valence-corrected chi connectivity index (χ0v) is 55.0. The van der Waals surface area contributed by atoms with E-state index in [1.807, 2.05) is 0 Å². The van der Waals surface area contributed by atoms with Gasteiger partial charge in [0.25, 0.3) is 0 Å². The van der Waals surface area contributed by atoms with Gasteiger partial charge in [-0.2, -0.15) is 0 Å². The standard InChI is InChI=1S/C75H145NO5/c1-3-5-7-9-11-13-15-16-17-18-36-40-43-46-49-53-57-61-65-69-75(80)81-70-66-62-58-54-50-47-44-41-38-35-33-31-29-27-25-23-21-19-20-22-24-26-28-30-32-34-37-39-42-45-48-52-56-60-64-68-74(79)76-72(71-77)73(78)67-63-59-55-51-14-12-10-8-6-4-2/h16-17,21,23,72-73,77-78H,3-15,18-20,22,24-71H2,1-2H3,(H,76,79)/b17-16-,23-21-. The first-order valence-corrected chi connectivity index (χ1v) is 37.1. The number of carbonyl (C=O) groups excluding carboxylic acids is 2. The van der Waals surface area contributed by atoms with Gasteiger partial charge in [-0.05, 0) is 77.0 Å². The van der Waals surface area contributed by atoms with E-state index in [1.54, 1.807) is 0 Å². The van der Waals surface area contributed by atoms with Crippen molar-refractivity contribution >= 4 is 11.9 Å². The fourth-order valence-electron chi connectivity index (χ4n) is 11.8. The van der Waals surface area contributed by atoms with Gasteiger partial charge in [0, 0.05) is 12.8 Å². The second-order valence-electron chi connectivity index (χ2n) is 25.6. The van der Waals surface area contributed by atoms with E-state index < -0.39 is 12.1 Å². The second-order valence-corrected chi connectivity index (χ2v) is 25.6. The molecule has 0 aromatic carbocycles. The summed E-state index contributed by atoms with van der Waals surface area (Å²) in [5.41, 5.74) is 0. The van der Waals surface area contributed by atoms with Crippen molar-refractivity contribution in [3.05, 3.63) is 24.3 Å². The molecule has 480 valence electrons. The lowest BCUT2D eigenvalue weighted by Crippen LogP contribution is -2.45. The Bertz CT molecular complexity index is 1270. The van der Waals surface area contributed by atoms with Crippen molar-refractivity contribution in [3.8, 4) is 0 Å². The molecule has 3 N–H and O–H groups in total. The maximum Gasteiger partial charge on any atom is 0.305 e. The van der Waals surface area contributed by atoms with Crippen molar-refractivity contribution in [3.63, 3.8) is 0 Å². The molecule has 0 saturated carbocycles. The Balaban J connectivity index is 3.30. The molecule has 0 aliphatic carbocycles. The smallest absolute Gasteiger partial charge is 0.305 e. The van der Waals surface area contributed by atoms with E-state index in [1.165, 1.54) is 347 Å². The molecule has 0 rings (SSSR count). The molecule has 1 amide bonds. The Morgan fingerprint density at radius 3 is 0.877 bits per heavy atom. The molecule has 2 atom stereocenters. The lowest BCUT2D eigenvalue weighted by molar-refractivity contribution is -0.143. The Hall–Kier alpha value is -1.66. The number of aliphatic hydroxyl groups excluding tert-OH is 2. The monoisotopic (exact) mass is 1140 g/mol. The number of esters is 1. The molecular weight excluding hydrogens is 995 g/mol. The Kier molecular flexibility index (Phi) is 69.4. The van der Waals surface area contributed by atoms with Gasteiger partial charge in [0.05, 0.1) is 25.4 Å². The first-order valence-electron chi connectivity index (χ1n) is 37.1. The van der Waals surface area contributed by atoms with Crippen molar-refractivity contribution in [2.24, 2.45) is 0 Å². The van der Waals surface area contributed by atoms with Gasteiger partial charge < -0.3 is 20.3 Å². The third-order valence-electron chi connectivity index (χ3n) is 17.5. The Morgan fingerprint density at radius 2 is 0.580 bits per heavy atom. The summed E-state index contributed by atoms with van der Waals surface area (Å²) < 4.78 is 5.51. The lowest BCUT2D eigenvalue weighted by Gasteiger charge is -2.22. The highest BCUT2D eigenvalue weighted by Crippen LogP contribution is 2.19. The fourth-order valence-corrected chi connectivity index (χ4v) is 11.8. The predicted molar refractivity (Wildman–Crippen MR) is 356 cm³/mol. The maximum atomic E-state index is 12.5. The van der Waals surface area contributed by atoms with Gasteiger partial charge in [0.1, 0.15) is 0 Å². The average Bonchev–Trinajstić information content (AvgIpc) is 3.47. The quantitative estimate of drug-likeness (QED) is 0.0320. The minimum Gasteiger partial charge on any atom is -0.466 e. The van der Waals surface area contributed by atoms with E-state index in [-0.39, 0.29) is 18.5 Å². The Labute approximate surface area is 507 Å². The number of carbonyl (C=O) groups is 2. The Morgan fingerprint density at radius 1 is 0.333 bits per heavy atom. The molecule has 0 bridgehead atoms. The summed E-state index contributed by atoms with van der Waals surface area (Å²) in [4.78, 5) is 24.6. The summed E-state index contributed by atoms with van der Waals surface area (Å²) in [7, 11) is 0. The number of allylic oxidation sites excluding steroid dienone is 4. The van der Waals surface area contributed by atoms with Gasteiger partial charge in [0.15, 0.2) is 0 Å². The molecule has 0 aliphatic rings. The fraction of sp³-hybridized carbons (Fsp3) is 0.920. The summed E-state index contributed by atoms with van der Waals surface area (Å²) in [5.74, 6) is -0.0105. The van der Waals surface area contributed by atoms with Gasteiger partial charge in [-0.25, -0.2) is 0 Å². The first-order chi connectivity index (χ1) is 40.0. The van der Waals surface area contributed by atoms with Gasteiger partial charge in [0.2, 0.25) is 5.91 Å². The average molecular weight is 1140 g/mol. The van der Waals surface area contributed by atoms with E-state index in [0.29, 0.717) is 25.9 Å². The predicted octanol–water partition coefficient (Wildman–Crippen LogP) is 24.1. The highest BCUT2D eigenvalue weighted by Gasteiger charge is 2.20. The van der Waals surface area contributed by atoms with Crippen LogP contribution >= 0.6 is 0 Å². The van der Waals surface area contributed by atoms with Crippen LogP contribution in [0.1, 0.15) is 418 Å². The molecule has 6 nitrogen and oxygen atoms in total. The van der Waals surface area contributed by atoms with Crippen LogP contribution in [0.25, 0.3) is 0 Å². The molecule has 0 heterocycles. The van der Waals surface area contributed by atoms with Crippen LogP contribution in [0.5, 0.6) is 0 Å². The van der Waals surface area contributed by atoms with Crippen LogP contribution in [-0.4, -0.2) is 47.4 Å². The molecule has 0 aromatic heterocycles. The number of ether oxygens (including phenoxy) is 1. The van der Waals surface area contributed by atoms with Crippen LogP contribution in [0.4, 0.5) is 0 Å². The summed E-state index contributed by atoms with van der Waals surface area (Å²) >= 11 is 0. The number of rotatable bonds is 70. The van der Waals surface area contributed by atoms with Crippen molar-refractivity contribution in [2.75, 3.05) is 13.2 Å². The summed E-state index contributed by atoms with van der Waals surface area (Å²) in [6.45, 7) is 4.97. The van der Waals surface area contributed by atoms with Gasteiger partial charge in [-0.3, -0.25) is 9.59 Å². The van der Waals surface area contributed by atoms with E-state index in [0.717, 1.165) is 38.5 Å². The van der Waals surface area contributed by atoms with Crippen LogP contribution in [0, 0.1) is 0 Å². The molecule has 0 spiro atoms. The number of aliphatic hydroxyl groups is 2. The molecular formula is C75H145NO5. The van der Waals surface area contributed by atoms with Gasteiger partial charge >= 0.3 is 5.97 Å². The van der Waals surface area contributed by atoms with E-state index in [2.05, 4.69) is 43.5 Å². The third-order valence-corrected chi connectivity index (χ3v) is 17.5. The van der Waals surface area contributed by atoms with E-state index in [9.17, 15) is 19.8 Å². The minimum atomic E-state index is -0.659. The molecule has 0 radical (unpaired) electrons. The van der Waals surface area contributed by atoms with Gasteiger partial charge in [-0.15, -0.1) is 0 Å². The second kappa shape index (κ2) is 70.8. The zero-order chi connectivity index (χ0) is 58.5. The lowest BCUT2D eigenvalue weighted by atomic mass is 10.0. The SMILES string of the molecule is CCCCCCCC/C=C\CCCCCCCCCCCC(=O)OCCCCCCCCCCCCCCCC/C=C\CCCCCCCCCCCCCCCCCCCC(=O)NC(CO)C(O)CCCCCCCCCCCC. The largest absolute Gasteiger partial charge is 0.466 e. The van der Waals surface area contributed by atoms with Crippen molar-refractivity contribution < 1.29 is 24.5 Å². The molecule has 6 heteroatoms. The van der Waals surface area contributed by atoms with Crippen LogP contribution in [0.15, 0.2) is 24.3 Å². The summed E-state index contributed by atoms with van der Waals surface area (Å²) in [6, 6.07) is -0.536. The van der Waals surface area contributed by atoms with Crippen molar-refractivity contribution in [1.82, 2.24) is 5.32 Å². The molecule has 0 aromatic rings. The van der Waals surface area contributed by atoms with Crippen molar-refractivity contribution in [1.29, 1.82) is 0 Å². The number of unbranched alkanes of at least 4 members (excludes halogenated alkanes) is 55. The maximum absolute atomic E-state index is 12.5. The summed E-state index contributed by atoms with van der Waals surface area (Å²) in [6.07, 6.45) is 89.8. The minimum absolute atomic E-state index is 0.0205. The number of hydrogen-bond acceptors (Lipinski definition) is 5.